The van der Waals surface area contributed by atoms with Gasteiger partial charge in [-0.25, -0.2) is 5.06 Å². The zero-order chi connectivity index (χ0) is 10.6. The fraction of sp³-hybridized carbons (Fsp3) is 0.800. The van der Waals surface area contributed by atoms with Crippen LogP contribution in [0.2, 0.25) is 0 Å². The van der Waals surface area contributed by atoms with Gasteiger partial charge >= 0.3 is 7.60 Å². The summed E-state index contributed by atoms with van der Waals surface area (Å²) in [6, 6.07) is 0. The number of carbonyl (C=O) groups excluding carboxylic acids is 1. The van der Waals surface area contributed by atoms with E-state index in [-0.39, 0.29) is 5.06 Å². The van der Waals surface area contributed by atoms with Gasteiger partial charge in [0.15, 0.2) is 0 Å². The van der Waals surface area contributed by atoms with Crippen molar-refractivity contribution in [3.8, 4) is 0 Å². The number of aliphatic hydroxyl groups is 1. The highest BCUT2D eigenvalue weighted by molar-refractivity contribution is 7.51. The van der Waals surface area contributed by atoms with Crippen molar-refractivity contribution in [3.63, 3.8) is 0 Å². The first-order chi connectivity index (χ1) is 5.72. The van der Waals surface area contributed by atoms with Crippen LogP contribution >= 0.6 is 7.60 Å². The number of amides is 1. The second-order valence-electron chi connectivity index (χ2n) is 2.60. The summed E-state index contributed by atoms with van der Waals surface area (Å²) in [4.78, 5) is 27.2. The van der Waals surface area contributed by atoms with E-state index >= 15 is 0 Å². The van der Waals surface area contributed by atoms with E-state index in [2.05, 4.69) is 0 Å². The molecule has 0 spiro atoms. The summed E-state index contributed by atoms with van der Waals surface area (Å²) in [5.41, 5.74) is 0. The Kier molecular flexibility index (Phi) is 4.52. The Bertz CT molecular complexity index is 225. The number of hydrogen-bond donors (Lipinski definition) is 4. The molecule has 0 unspecified atom stereocenters. The first-order valence-electron chi connectivity index (χ1n) is 3.42. The predicted molar refractivity (Wildman–Crippen MR) is 42.1 cm³/mol. The molecular formula is C5H12NO6P. The summed E-state index contributed by atoms with van der Waals surface area (Å²) in [5, 5.41) is 17.9. The van der Waals surface area contributed by atoms with Gasteiger partial charge in [0.05, 0.1) is 18.8 Å². The van der Waals surface area contributed by atoms with E-state index in [1.807, 2.05) is 0 Å². The van der Waals surface area contributed by atoms with Crippen LogP contribution in [0.15, 0.2) is 0 Å². The number of carbonyl (C=O) groups is 1. The molecule has 0 aliphatic heterocycles. The molecule has 0 heterocycles. The average Bonchev–Trinajstić information content (AvgIpc) is 1.81. The molecule has 0 fully saturated rings. The van der Waals surface area contributed by atoms with E-state index in [0.717, 1.165) is 6.92 Å². The van der Waals surface area contributed by atoms with Gasteiger partial charge in [-0.2, -0.15) is 0 Å². The fourth-order valence-corrected chi connectivity index (χ4v) is 1.32. The van der Waals surface area contributed by atoms with Crippen molar-refractivity contribution in [1.82, 2.24) is 5.06 Å². The number of aliphatic hydroxyl groups excluding tert-OH is 1. The van der Waals surface area contributed by atoms with Crippen molar-refractivity contribution in [2.75, 3.05) is 12.7 Å². The third-order valence-corrected chi connectivity index (χ3v) is 2.09. The maximum Gasteiger partial charge on any atom is 0.328 e. The molecule has 0 saturated carbocycles. The summed E-state index contributed by atoms with van der Waals surface area (Å²) in [6.07, 6.45) is -2.22. The normalized spacial score (nSPS) is 13.9. The number of hydrogen-bond acceptors (Lipinski definition) is 4. The Morgan fingerprint density at radius 3 is 2.31 bits per heavy atom. The molecule has 0 aliphatic rings. The molecule has 7 nitrogen and oxygen atoms in total. The summed E-state index contributed by atoms with van der Waals surface area (Å²) in [5.74, 6) is -0.704. The molecule has 0 aromatic rings. The number of hydroxylamine groups is 2. The summed E-state index contributed by atoms with van der Waals surface area (Å²) in [6.45, 7) is 0.546. The first kappa shape index (κ1) is 12.5. The van der Waals surface area contributed by atoms with E-state index < -0.39 is 32.3 Å². The molecular weight excluding hydrogens is 201 g/mol. The quantitative estimate of drug-likeness (QED) is 0.263. The molecule has 1 amide bonds. The highest BCUT2D eigenvalue weighted by atomic mass is 31.2. The monoisotopic (exact) mass is 213 g/mol. The second-order valence-corrected chi connectivity index (χ2v) is 4.30. The Balaban J connectivity index is 3.95. The highest BCUT2D eigenvalue weighted by Gasteiger charge is 2.22. The van der Waals surface area contributed by atoms with Crippen LogP contribution in [0.4, 0.5) is 0 Å². The number of nitrogens with zero attached hydrogens (tertiary/aromatic N) is 1. The topological polar surface area (TPSA) is 118 Å². The van der Waals surface area contributed by atoms with E-state index in [1.54, 1.807) is 0 Å². The Morgan fingerprint density at radius 2 is 2.00 bits per heavy atom. The van der Waals surface area contributed by atoms with Gasteiger partial charge in [0, 0.05) is 6.92 Å². The van der Waals surface area contributed by atoms with Crippen LogP contribution < -0.4 is 0 Å². The van der Waals surface area contributed by atoms with Crippen LogP contribution in [-0.2, 0) is 9.36 Å². The van der Waals surface area contributed by atoms with Crippen LogP contribution in [0.3, 0.4) is 0 Å². The van der Waals surface area contributed by atoms with Crippen LogP contribution in [0.25, 0.3) is 0 Å². The lowest BCUT2D eigenvalue weighted by atomic mass is 10.4. The van der Waals surface area contributed by atoms with Crippen LogP contribution in [0.1, 0.15) is 6.92 Å². The van der Waals surface area contributed by atoms with Crippen LogP contribution in [0, 0.1) is 0 Å². The lowest BCUT2D eigenvalue weighted by Gasteiger charge is -2.17. The minimum Gasteiger partial charge on any atom is -0.391 e. The van der Waals surface area contributed by atoms with Crippen molar-refractivity contribution in [2.24, 2.45) is 0 Å². The zero-order valence-electron chi connectivity index (χ0n) is 6.99. The largest absolute Gasteiger partial charge is 0.391 e. The summed E-state index contributed by atoms with van der Waals surface area (Å²) < 4.78 is 10.3. The fourth-order valence-electron chi connectivity index (χ4n) is 0.660. The first-order valence-corrected chi connectivity index (χ1v) is 5.22. The van der Waals surface area contributed by atoms with Gasteiger partial charge < -0.3 is 14.9 Å². The highest BCUT2D eigenvalue weighted by Crippen LogP contribution is 2.34. The SMILES string of the molecule is CC(=O)N(O)C[C@@H](O)CP(=O)(O)O. The van der Waals surface area contributed by atoms with E-state index in [4.69, 9.17) is 20.1 Å². The molecule has 0 bridgehead atoms. The van der Waals surface area contributed by atoms with Crippen molar-refractivity contribution in [2.45, 2.75) is 13.0 Å². The van der Waals surface area contributed by atoms with E-state index in [1.165, 1.54) is 0 Å². The number of rotatable bonds is 4. The van der Waals surface area contributed by atoms with Gasteiger partial charge in [-0.1, -0.05) is 0 Å². The molecule has 0 aromatic carbocycles. The van der Waals surface area contributed by atoms with Gasteiger partial charge in [-0.05, 0) is 0 Å². The standard InChI is InChI=1S/C5H12NO6P/c1-4(7)6(9)2-5(8)3-13(10,11)12/h5,8-9H,2-3H2,1H3,(H2,10,11,12)/t5-/m1/s1. The molecule has 0 aliphatic carbocycles. The lowest BCUT2D eigenvalue weighted by molar-refractivity contribution is -0.167. The van der Waals surface area contributed by atoms with Gasteiger partial charge in [-0.3, -0.25) is 14.6 Å². The van der Waals surface area contributed by atoms with Crippen molar-refractivity contribution >= 4 is 13.5 Å². The maximum absolute atomic E-state index is 10.4. The Morgan fingerprint density at radius 1 is 1.54 bits per heavy atom. The van der Waals surface area contributed by atoms with Crippen molar-refractivity contribution in [3.05, 3.63) is 0 Å². The van der Waals surface area contributed by atoms with Gasteiger partial charge in [-0.15, -0.1) is 0 Å². The molecule has 13 heavy (non-hydrogen) atoms. The lowest BCUT2D eigenvalue weighted by Crippen LogP contribution is -2.34. The molecule has 4 N–H and O–H groups in total. The molecule has 78 valence electrons. The molecule has 8 heteroatoms. The Labute approximate surface area is 74.7 Å². The smallest absolute Gasteiger partial charge is 0.328 e. The minimum atomic E-state index is -4.31. The third kappa shape index (κ3) is 6.68. The predicted octanol–water partition coefficient (Wildman–Crippen LogP) is -1.24. The third-order valence-electron chi connectivity index (χ3n) is 1.20. The Hall–Kier alpha value is -0.460. The van der Waals surface area contributed by atoms with E-state index in [9.17, 15) is 9.36 Å². The van der Waals surface area contributed by atoms with Crippen LogP contribution in [-0.4, -0.2) is 49.9 Å². The summed E-state index contributed by atoms with van der Waals surface area (Å²) >= 11 is 0. The second kappa shape index (κ2) is 4.69. The molecule has 0 radical (unpaired) electrons. The molecule has 0 saturated heterocycles. The van der Waals surface area contributed by atoms with Gasteiger partial charge in [0.25, 0.3) is 0 Å². The molecule has 0 rings (SSSR count). The van der Waals surface area contributed by atoms with Crippen molar-refractivity contribution < 1.29 is 29.5 Å². The van der Waals surface area contributed by atoms with Crippen LogP contribution in [0.5, 0.6) is 0 Å². The van der Waals surface area contributed by atoms with Crippen molar-refractivity contribution in [1.29, 1.82) is 0 Å². The zero-order valence-corrected chi connectivity index (χ0v) is 7.89. The summed E-state index contributed by atoms with van der Waals surface area (Å²) in [7, 11) is -4.31. The minimum absolute atomic E-state index is 0.195. The van der Waals surface area contributed by atoms with E-state index in [0.29, 0.717) is 0 Å². The van der Waals surface area contributed by atoms with Gasteiger partial charge in [0.1, 0.15) is 0 Å². The van der Waals surface area contributed by atoms with Gasteiger partial charge in [0.2, 0.25) is 5.91 Å². The molecule has 0 aromatic heterocycles. The maximum atomic E-state index is 10.4. The average molecular weight is 213 g/mol. The molecule has 1 atom stereocenters.